The number of carbonyl (C=O) groups excluding carboxylic acids is 1. The van der Waals surface area contributed by atoms with Gasteiger partial charge in [-0.25, -0.2) is 9.97 Å². The molecule has 0 radical (unpaired) electrons. The number of nitrogens with zero attached hydrogens (tertiary/aromatic N) is 3. The molecule has 3 heterocycles. The van der Waals surface area contributed by atoms with Crippen LogP contribution < -0.4 is 10.3 Å². The number of aromatic nitrogens is 2. The van der Waals surface area contributed by atoms with Gasteiger partial charge in [0.15, 0.2) is 5.43 Å². The van der Waals surface area contributed by atoms with Gasteiger partial charge in [0.1, 0.15) is 5.58 Å². The van der Waals surface area contributed by atoms with Gasteiger partial charge in [-0.15, -0.1) is 0 Å². The minimum absolute atomic E-state index is 0.0354. The third kappa shape index (κ3) is 2.77. The van der Waals surface area contributed by atoms with Crippen molar-refractivity contribution in [2.24, 2.45) is 0 Å². The van der Waals surface area contributed by atoms with Gasteiger partial charge in [-0.05, 0) is 60.9 Å². The quantitative estimate of drug-likeness (QED) is 0.431. The average Bonchev–Trinajstić information content (AvgIpc) is 3.03. The van der Waals surface area contributed by atoms with Crippen LogP contribution in [0, 0.1) is 13.8 Å². The second kappa shape index (κ2) is 6.88. The van der Waals surface area contributed by atoms with E-state index < -0.39 is 11.9 Å². The molecular weight excluding hydrogens is 446 g/mol. The minimum atomic E-state index is -0.686. The summed E-state index contributed by atoms with van der Waals surface area (Å²) in [6, 6.07) is 12.1. The first kappa shape index (κ1) is 18.7. The second-order valence-electron chi connectivity index (χ2n) is 7.29. The molecule has 0 saturated heterocycles. The lowest BCUT2D eigenvalue weighted by Gasteiger charge is -2.23. The summed E-state index contributed by atoms with van der Waals surface area (Å²) >= 11 is 3.48. The molecule has 1 aliphatic rings. The summed E-state index contributed by atoms with van der Waals surface area (Å²) in [6.07, 6.45) is 3.13. The van der Waals surface area contributed by atoms with E-state index in [0.29, 0.717) is 16.5 Å². The standard InChI is InChI=1S/C23H16BrN3O3/c1-12-9-16-17(10-13(12)2)30-21-18(20(16)28)19(14-5-3-6-15(24)11-14)27(22(21)29)23-25-7-4-8-26-23/h3-11,19H,1-2H3. The van der Waals surface area contributed by atoms with Crippen molar-refractivity contribution in [3.63, 3.8) is 0 Å². The number of hydrogen-bond donors (Lipinski definition) is 0. The van der Waals surface area contributed by atoms with E-state index in [1.54, 1.807) is 24.5 Å². The van der Waals surface area contributed by atoms with E-state index >= 15 is 0 Å². The summed E-state index contributed by atoms with van der Waals surface area (Å²) in [6.45, 7) is 3.89. The number of rotatable bonds is 2. The fourth-order valence-corrected chi connectivity index (χ4v) is 4.26. The van der Waals surface area contributed by atoms with Crippen LogP contribution in [-0.4, -0.2) is 15.9 Å². The fraction of sp³-hybridized carbons (Fsp3) is 0.130. The molecule has 0 aliphatic carbocycles. The highest BCUT2D eigenvalue weighted by molar-refractivity contribution is 9.10. The molecule has 6 nitrogen and oxygen atoms in total. The highest BCUT2D eigenvalue weighted by atomic mass is 79.9. The van der Waals surface area contributed by atoms with Gasteiger partial charge < -0.3 is 4.42 Å². The summed E-state index contributed by atoms with van der Waals surface area (Å²) in [4.78, 5) is 36.9. The maximum atomic E-state index is 13.6. The molecule has 1 unspecified atom stereocenters. The lowest BCUT2D eigenvalue weighted by atomic mass is 9.97. The number of aryl methyl sites for hydroxylation is 2. The van der Waals surface area contributed by atoms with E-state index in [2.05, 4.69) is 25.9 Å². The summed E-state index contributed by atoms with van der Waals surface area (Å²) in [7, 11) is 0. The molecule has 1 amide bonds. The van der Waals surface area contributed by atoms with E-state index in [0.717, 1.165) is 21.2 Å². The third-order valence-electron chi connectivity index (χ3n) is 5.42. The van der Waals surface area contributed by atoms with Gasteiger partial charge in [0.25, 0.3) is 5.91 Å². The van der Waals surface area contributed by atoms with Crippen molar-refractivity contribution in [3.8, 4) is 0 Å². The number of amides is 1. The zero-order valence-corrected chi connectivity index (χ0v) is 17.8. The Labute approximate surface area is 180 Å². The van der Waals surface area contributed by atoms with Crippen molar-refractivity contribution >= 4 is 38.8 Å². The van der Waals surface area contributed by atoms with Crippen molar-refractivity contribution in [3.05, 3.63) is 97.6 Å². The molecule has 2 aromatic heterocycles. The van der Waals surface area contributed by atoms with Crippen LogP contribution in [0.5, 0.6) is 0 Å². The van der Waals surface area contributed by atoms with Gasteiger partial charge in [-0.1, -0.05) is 28.1 Å². The molecule has 2 aromatic carbocycles. The van der Waals surface area contributed by atoms with Gasteiger partial charge >= 0.3 is 0 Å². The molecule has 1 atom stereocenters. The van der Waals surface area contributed by atoms with E-state index in [1.165, 1.54) is 4.90 Å². The molecule has 0 bridgehead atoms. The Morgan fingerprint density at radius 3 is 2.47 bits per heavy atom. The smallest absolute Gasteiger partial charge is 0.297 e. The fourth-order valence-electron chi connectivity index (χ4n) is 3.84. The molecule has 0 N–H and O–H groups in total. The second-order valence-corrected chi connectivity index (χ2v) is 8.20. The molecule has 0 fully saturated rings. The van der Waals surface area contributed by atoms with Crippen LogP contribution in [0.15, 0.2) is 68.5 Å². The Balaban J connectivity index is 1.85. The highest BCUT2D eigenvalue weighted by Crippen LogP contribution is 2.40. The Kier molecular flexibility index (Phi) is 4.29. The predicted octanol–water partition coefficient (Wildman–Crippen LogP) is 4.71. The van der Waals surface area contributed by atoms with Gasteiger partial charge in [0.2, 0.25) is 11.7 Å². The number of halogens is 1. The van der Waals surface area contributed by atoms with Gasteiger partial charge in [-0.3, -0.25) is 14.5 Å². The maximum absolute atomic E-state index is 13.6. The molecule has 5 rings (SSSR count). The number of fused-ring (bicyclic) bond motifs is 2. The largest absolute Gasteiger partial charge is 0.450 e. The number of hydrogen-bond acceptors (Lipinski definition) is 5. The van der Waals surface area contributed by atoms with Crippen LogP contribution in [0.2, 0.25) is 0 Å². The first-order valence-electron chi connectivity index (χ1n) is 9.39. The highest BCUT2D eigenvalue weighted by Gasteiger charge is 2.45. The van der Waals surface area contributed by atoms with Crippen molar-refractivity contribution < 1.29 is 9.21 Å². The monoisotopic (exact) mass is 461 g/mol. The van der Waals surface area contributed by atoms with E-state index in [-0.39, 0.29) is 17.1 Å². The predicted molar refractivity (Wildman–Crippen MR) is 117 cm³/mol. The van der Waals surface area contributed by atoms with Crippen LogP contribution in [-0.2, 0) is 0 Å². The molecule has 0 spiro atoms. The molecular formula is C23H16BrN3O3. The molecule has 1 aliphatic heterocycles. The Bertz CT molecular complexity index is 1380. The maximum Gasteiger partial charge on any atom is 0.297 e. The first-order chi connectivity index (χ1) is 14.5. The first-order valence-corrected chi connectivity index (χ1v) is 10.2. The Morgan fingerprint density at radius 1 is 1.00 bits per heavy atom. The molecule has 7 heteroatoms. The van der Waals surface area contributed by atoms with Crippen LogP contribution in [0.25, 0.3) is 11.0 Å². The Hall–Kier alpha value is -3.32. The molecule has 30 heavy (non-hydrogen) atoms. The van der Waals surface area contributed by atoms with Gasteiger partial charge in [-0.2, -0.15) is 0 Å². The zero-order valence-electron chi connectivity index (χ0n) is 16.2. The van der Waals surface area contributed by atoms with Gasteiger partial charge in [0, 0.05) is 16.9 Å². The van der Waals surface area contributed by atoms with Gasteiger partial charge in [0.05, 0.1) is 17.0 Å². The summed E-state index contributed by atoms with van der Waals surface area (Å²) in [5, 5.41) is 0.459. The number of anilines is 1. The lowest BCUT2D eigenvalue weighted by Crippen LogP contribution is -2.31. The van der Waals surface area contributed by atoms with E-state index in [9.17, 15) is 9.59 Å². The topological polar surface area (TPSA) is 76.3 Å². The number of carbonyl (C=O) groups is 1. The SMILES string of the molecule is Cc1cc2oc3c(c(=O)c2cc1C)C(c1cccc(Br)c1)N(c1ncccn1)C3=O. The normalized spacial score (nSPS) is 15.6. The van der Waals surface area contributed by atoms with Crippen molar-refractivity contribution in [2.75, 3.05) is 4.90 Å². The van der Waals surface area contributed by atoms with Crippen LogP contribution >= 0.6 is 15.9 Å². The molecule has 4 aromatic rings. The van der Waals surface area contributed by atoms with E-state index in [4.69, 9.17) is 4.42 Å². The summed E-state index contributed by atoms with van der Waals surface area (Å²) < 4.78 is 6.85. The Morgan fingerprint density at radius 2 is 1.73 bits per heavy atom. The van der Waals surface area contributed by atoms with Crippen LogP contribution in [0.4, 0.5) is 5.95 Å². The summed E-state index contributed by atoms with van der Waals surface area (Å²) in [5.41, 5.74) is 3.23. The molecule has 0 saturated carbocycles. The van der Waals surface area contributed by atoms with E-state index in [1.807, 2.05) is 44.2 Å². The number of benzene rings is 2. The zero-order chi connectivity index (χ0) is 21.0. The summed E-state index contributed by atoms with van der Waals surface area (Å²) in [5.74, 6) is -0.179. The van der Waals surface area contributed by atoms with Crippen LogP contribution in [0.1, 0.15) is 38.9 Å². The van der Waals surface area contributed by atoms with Crippen LogP contribution in [0.3, 0.4) is 0 Å². The van der Waals surface area contributed by atoms with Crippen molar-refractivity contribution in [1.82, 2.24) is 9.97 Å². The minimum Gasteiger partial charge on any atom is -0.450 e. The molecule has 148 valence electrons. The van der Waals surface area contributed by atoms with Crippen molar-refractivity contribution in [1.29, 1.82) is 0 Å². The average molecular weight is 462 g/mol. The lowest BCUT2D eigenvalue weighted by molar-refractivity contribution is 0.0969. The third-order valence-corrected chi connectivity index (χ3v) is 5.91. The van der Waals surface area contributed by atoms with Crippen molar-refractivity contribution in [2.45, 2.75) is 19.9 Å².